The highest BCUT2D eigenvalue weighted by molar-refractivity contribution is 5.68. The Labute approximate surface area is 123 Å². The van der Waals surface area contributed by atoms with Crippen molar-refractivity contribution in [1.82, 2.24) is 9.97 Å². The van der Waals surface area contributed by atoms with Crippen LogP contribution in [0.5, 0.6) is 0 Å². The molecule has 3 rings (SSSR count). The third-order valence-electron chi connectivity index (χ3n) is 3.27. The SMILES string of the molecule is Fc1cc(-c2ccc(C(F)(F)F)cc2)ccc1-c1ncc[nH]1. The number of aromatic nitrogens is 2. The lowest BCUT2D eigenvalue weighted by Crippen LogP contribution is -2.04. The number of hydrogen-bond donors (Lipinski definition) is 1. The highest BCUT2D eigenvalue weighted by atomic mass is 19.4. The zero-order valence-electron chi connectivity index (χ0n) is 11.2. The van der Waals surface area contributed by atoms with Crippen molar-refractivity contribution < 1.29 is 17.6 Å². The fraction of sp³-hybridized carbons (Fsp3) is 0.0625. The Hall–Kier alpha value is -2.63. The summed E-state index contributed by atoms with van der Waals surface area (Å²) in [6.45, 7) is 0. The van der Waals surface area contributed by atoms with Gasteiger partial charge in [0.1, 0.15) is 11.6 Å². The van der Waals surface area contributed by atoms with Gasteiger partial charge in [-0.25, -0.2) is 9.37 Å². The molecule has 1 aromatic heterocycles. The molecule has 0 fully saturated rings. The topological polar surface area (TPSA) is 28.7 Å². The average molecular weight is 306 g/mol. The third kappa shape index (κ3) is 2.72. The highest BCUT2D eigenvalue weighted by Crippen LogP contribution is 2.32. The predicted octanol–water partition coefficient (Wildman–Crippen LogP) is 4.90. The van der Waals surface area contributed by atoms with E-state index in [-0.39, 0.29) is 0 Å². The van der Waals surface area contributed by atoms with Crippen LogP contribution in [0.4, 0.5) is 17.6 Å². The van der Waals surface area contributed by atoms with Gasteiger partial charge in [-0.15, -0.1) is 0 Å². The number of nitrogens with zero attached hydrogens (tertiary/aromatic N) is 1. The maximum atomic E-state index is 14.1. The van der Waals surface area contributed by atoms with E-state index in [0.717, 1.165) is 12.1 Å². The van der Waals surface area contributed by atoms with Gasteiger partial charge >= 0.3 is 6.18 Å². The van der Waals surface area contributed by atoms with Crippen LogP contribution < -0.4 is 0 Å². The second kappa shape index (κ2) is 5.29. The number of rotatable bonds is 2. The van der Waals surface area contributed by atoms with Crippen molar-refractivity contribution >= 4 is 0 Å². The smallest absolute Gasteiger partial charge is 0.345 e. The molecule has 1 heterocycles. The summed E-state index contributed by atoms with van der Waals surface area (Å²) in [7, 11) is 0. The van der Waals surface area contributed by atoms with Crippen LogP contribution in [-0.2, 0) is 6.18 Å². The van der Waals surface area contributed by atoms with Gasteiger partial charge < -0.3 is 4.98 Å². The molecule has 0 saturated carbocycles. The molecule has 0 amide bonds. The summed E-state index contributed by atoms with van der Waals surface area (Å²) in [5.41, 5.74) is 0.587. The summed E-state index contributed by atoms with van der Waals surface area (Å²) in [5.74, 6) is -0.0937. The maximum absolute atomic E-state index is 14.1. The number of H-pyrrole nitrogens is 1. The molecule has 3 aromatic rings. The molecule has 0 spiro atoms. The van der Waals surface area contributed by atoms with Crippen LogP contribution in [0.25, 0.3) is 22.5 Å². The minimum absolute atomic E-state index is 0.306. The van der Waals surface area contributed by atoms with Gasteiger partial charge in [-0.1, -0.05) is 18.2 Å². The normalized spacial score (nSPS) is 11.6. The zero-order valence-corrected chi connectivity index (χ0v) is 11.2. The molecule has 22 heavy (non-hydrogen) atoms. The summed E-state index contributed by atoms with van der Waals surface area (Å²) in [4.78, 5) is 6.77. The van der Waals surface area contributed by atoms with Gasteiger partial charge in [-0.3, -0.25) is 0 Å². The quantitative estimate of drug-likeness (QED) is 0.670. The lowest BCUT2D eigenvalue weighted by molar-refractivity contribution is -0.137. The molecule has 2 aromatic carbocycles. The summed E-state index contributed by atoms with van der Waals surface area (Å²) < 4.78 is 51.7. The average Bonchev–Trinajstić information content (AvgIpc) is 3.00. The van der Waals surface area contributed by atoms with E-state index in [4.69, 9.17) is 0 Å². The Bertz CT molecular complexity index is 775. The molecule has 0 saturated heterocycles. The summed E-state index contributed by atoms with van der Waals surface area (Å²) in [6.07, 6.45) is -1.29. The Morgan fingerprint density at radius 3 is 2.14 bits per heavy atom. The fourth-order valence-corrected chi connectivity index (χ4v) is 2.15. The van der Waals surface area contributed by atoms with Crippen LogP contribution in [0.3, 0.4) is 0 Å². The number of nitrogens with one attached hydrogen (secondary N) is 1. The molecule has 2 nitrogen and oxygen atoms in total. The monoisotopic (exact) mass is 306 g/mol. The van der Waals surface area contributed by atoms with E-state index in [0.29, 0.717) is 22.5 Å². The molecule has 0 aliphatic carbocycles. The van der Waals surface area contributed by atoms with Crippen molar-refractivity contribution in [2.75, 3.05) is 0 Å². The Morgan fingerprint density at radius 2 is 1.59 bits per heavy atom. The van der Waals surface area contributed by atoms with Gasteiger partial charge in [-0.05, 0) is 35.4 Å². The molecule has 0 aliphatic heterocycles. The molecular formula is C16H10F4N2. The van der Waals surface area contributed by atoms with Gasteiger partial charge in [-0.2, -0.15) is 13.2 Å². The van der Waals surface area contributed by atoms with Gasteiger partial charge in [0.05, 0.1) is 11.1 Å². The molecule has 0 radical (unpaired) electrons. The van der Waals surface area contributed by atoms with E-state index >= 15 is 0 Å². The molecule has 0 bridgehead atoms. The number of hydrogen-bond acceptors (Lipinski definition) is 1. The van der Waals surface area contributed by atoms with Crippen LogP contribution in [0.1, 0.15) is 5.56 Å². The van der Waals surface area contributed by atoms with Crippen LogP contribution in [-0.4, -0.2) is 9.97 Å². The Kier molecular flexibility index (Phi) is 3.44. The first kappa shape index (κ1) is 14.3. The summed E-state index contributed by atoms with van der Waals surface area (Å²) in [5, 5.41) is 0. The number of halogens is 4. The minimum Gasteiger partial charge on any atom is -0.345 e. The fourth-order valence-electron chi connectivity index (χ4n) is 2.15. The Morgan fingerprint density at radius 1 is 0.909 bits per heavy atom. The molecule has 1 N–H and O–H groups in total. The van der Waals surface area contributed by atoms with E-state index in [1.807, 2.05) is 0 Å². The standard InChI is InChI=1S/C16H10F4N2/c17-14-9-11(3-6-13(14)15-21-7-8-22-15)10-1-4-12(5-2-10)16(18,19)20/h1-9H,(H,21,22). The van der Waals surface area contributed by atoms with Crippen LogP contribution in [0.15, 0.2) is 54.9 Å². The zero-order chi connectivity index (χ0) is 15.7. The molecule has 0 unspecified atom stereocenters. The molecule has 0 atom stereocenters. The predicted molar refractivity (Wildman–Crippen MR) is 74.4 cm³/mol. The van der Waals surface area contributed by atoms with Gasteiger partial charge in [0.2, 0.25) is 0 Å². The van der Waals surface area contributed by atoms with Crippen molar-refractivity contribution in [3.63, 3.8) is 0 Å². The first-order valence-electron chi connectivity index (χ1n) is 6.42. The van der Waals surface area contributed by atoms with Gasteiger partial charge in [0, 0.05) is 12.4 Å². The van der Waals surface area contributed by atoms with E-state index in [9.17, 15) is 17.6 Å². The minimum atomic E-state index is -4.38. The number of aromatic amines is 1. The second-order valence-corrected chi connectivity index (χ2v) is 4.71. The van der Waals surface area contributed by atoms with E-state index in [1.54, 1.807) is 18.3 Å². The first-order valence-corrected chi connectivity index (χ1v) is 6.42. The molecule has 0 aliphatic rings. The molecule has 112 valence electrons. The van der Waals surface area contributed by atoms with E-state index in [1.165, 1.54) is 24.4 Å². The molecular weight excluding hydrogens is 296 g/mol. The van der Waals surface area contributed by atoms with Crippen LogP contribution >= 0.6 is 0 Å². The van der Waals surface area contributed by atoms with Crippen LogP contribution in [0, 0.1) is 5.82 Å². The maximum Gasteiger partial charge on any atom is 0.416 e. The third-order valence-corrected chi connectivity index (χ3v) is 3.27. The number of imidazole rings is 1. The highest BCUT2D eigenvalue weighted by Gasteiger charge is 2.29. The summed E-state index contributed by atoms with van der Waals surface area (Å²) >= 11 is 0. The lowest BCUT2D eigenvalue weighted by atomic mass is 10.0. The Balaban J connectivity index is 1.94. The molecule has 6 heteroatoms. The number of alkyl halides is 3. The largest absolute Gasteiger partial charge is 0.416 e. The van der Waals surface area contributed by atoms with Crippen molar-refractivity contribution in [3.8, 4) is 22.5 Å². The summed E-state index contributed by atoms with van der Waals surface area (Å²) in [6, 6.07) is 9.07. The van der Waals surface area contributed by atoms with Gasteiger partial charge in [0.15, 0.2) is 0 Å². The van der Waals surface area contributed by atoms with Crippen molar-refractivity contribution in [3.05, 3.63) is 66.2 Å². The lowest BCUT2D eigenvalue weighted by Gasteiger charge is -2.08. The van der Waals surface area contributed by atoms with Crippen LogP contribution in [0.2, 0.25) is 0 Å². The van der Waals surface area contributed by atoms with E-state index in [2.05, 4.69) is 9.97 Å². The van der Waals surface area contributed by atoms with Gasteiger partial charge in [0.25, 0.3) is 0 Å². The second-order valence-electron chi connectivity index (χ2n) is 4.71. The van der Waals surface area contributed by atoms with E-state index < -0.39 is 17.6 Å². The van der Waals surface area contributed by atoms with Crippen molar-refractivity contribution in [2.24, 2.45) is 0 Å². The number of benzene rings is 2. The van der Waals surface area contributed by atoms with Crippen molar-refractivity contribution in [1.29, 1.82) is 0 Å². The first-order chi connectivity index (χ1) is 10.4. The van der Waals surface area contributed by atoms with Crippen molar-refractivity contribution in [2.45, 2.75) is 6.18 Å².